The Morgan fingerprint density at radius 1 is 0.566 bits per heavy atom. The van der Waals surface area contributed by atoms with Crippen LogP contribution in [0, 0.1) is 0 Å². The lowest BCUT2D eigenvalue weighted by Gasteiger charge is -2.12. The van der Waals surface area contributed by atoms with Gasteiger partial charge in [0, 0.05) is 16.7 Å². The topological polar surface area (TPSA) is 222 Å². The van der Waals surface area contributed by atoms with Crippen LogP contribution in [0.15, 0.2) is 103 Å². The molecule has 4 aromatic carbocycles. The van der Waals surface area contributed by atoms with Gasteiger partial charge in [-0.05, 0) is 65.4 Å². The Labute approximate surface area is 297 Å². The van der Waals surface area contributed by atoms with Crippen LogP contribution < -0.4 is 26.2 Å². The molecule has 53 heavy (non-hydrogen) atoms. The molecule has 16 nitrogen and oxygen atoms in total. The summed E-state index contributed by atoms with van der Waals surface area (Å²) in [6.45, 7) is 0. The molecule has 0 bridgehead atoms. The summed E-state index contributed by atoms with van der Waals surface area (Å²) in [4.78, 5) is 107. The zero-order chi connectivity index (χ0) is 36.8. The van der Waals surface area contributed by atoms with Crippen molar-refractivity contribution in [2.24, 2.45) is 0 Å². The van der Waals surface area contributed by atoms with Gasteiger partial charge in [-0.2, -0.15) is 4.98 Å². The van der Waals surface area contributed by atoms with Gasteiger partial charge in [-0.15, -0.1) is 0 Å². The number of hydrogen-bond acceptors (Lipinski definition) is 11. The van der Waals surface area contributed by atoms with Gasteiger partial charge in [0.1, 0.15) is 18.0 Å². The number of pyridine rings is 1. The van der Waals surface area contributed by atoms with Crippen LogP contribution in [0.4, 0.5) is 23.5 Å². The molecule has 0 atom stereocenters. The smallest absolute Gasteiger partial charge is 0.268 e. The molecule has 7 amide bonds. The van der Waals surface area contributed by atoms with E-state index >= 15 is 0 Å². The van der Waals surface area contributed by atoms with E-state index in [4.69, 9.17) is 0 Å². The van der Waals surface area contributed by atoms with Gasteiger partial charge in [0.15, 0.2) is 0 Å². The van der Waals surface area contributed by atoms with Crippen molar-refractivity contribution in [1.82, 2.24) is 25.3 Å². The molecular weight excluding hydrogens is 682 g/mol. The molecule has 0 saturated carbocycles. The van der Waals surface area contributed by atoms with Crippen LogP contribution in [0.5, 0.6) is 0 Å². The number of anilines is 4. The molecule has 8 rings (SSSR count). The predicted molar refractivity (Wildman–Crippen MR) is 188 cm³/mol. The molecule has 0 aliphatic carbocycles. The van der Waals surface area contributed by atoms with Crippen molar-refractivity contribution >= 4 is 75.7 Å². The summed E-state index contributed by atoms with van der Waals surface area (Å²) >= 11 is 0. The molecule has 256 valence electrons. The second-order valence-corrected chi connectivity index (χ2v) is 11.7. The van der Waals surface area contributed by atoms with Gasteiger partial charge in [0.25, 0.3) is 41.4 Å². The van der Waals surface area contributed by atoms with Crippen molar-refractivity contribution in [2.45, 2.75) is 0 Å². The van der Waals surface area contributed by atoms with E-state index in [1.165, 1.54) is 54.6 Å². The maximum Gasteiger partial charge on any atom is 0.268 e. The number of imide groups is 2. The highest BCUT2D eigenvalue weighted by Gasteiger charge is 2.39. The lowest BCUT2D eigenvalue weighted by Crippen LogP contribution is -2.31. The van der Waals surface area contributed by atoms with E-state index in [9.17, 15) is 33.6 Å². The second kappa shape index (κ2) is 12.7. The number of rotatable bonds is 7. The average molecular weight is 704 g/mol. The van der Waals surface area contributed by atoms with Crippen molar-refractivity contribution in [3.05, 3.63) is 142 Å². The predicted octanol–water partition coefficient (Wildman–Crippen LogP) is 3.86. The Bertz CT molecular complexity index is 2640. The Hall–Kier alpha value is -8.01. The maximum atomic E-state index is 13.5. The molecule has 4 N–H and O–H groups in total. The van der Waals surface area contributed by atoms with Crippen molar-refractivity contribution < 1.29 is 33.6 Å². The summed E-state index contributed by atoms with van der Waals surface area (Å²) in [6.07, 6.45) is 1.05. The number of carbonyl (C=O) groups is 7. The molecule has 0 fully saturated rings. The standard InChI is InChI=1S/C37H21N9O7/c47-29(19-11-13-23-25(15-19)33(51)43-31(23)49)41-27-9-4-10-28(40-27)42-30(48)20-12-14-24-26(16-20)35(53)46(34(24)52)37-39-17-38-36(45-37)44-32(50)22-8-3-6-18-5-1-2-7-21(18)22/h1-17H,(H,43,49,51)(H,38,39,44,45,50)(H2,40,41,42,47,48). The molecule has 16 heteroatoms. The highest BCUT2D eigenvalue weighted by molar-refractivity contribution is 6.34. The maximum absolute atomic E-state index is 13.5. The third-order valence-electron chi connectivity index (χ3n) is 8.40. The molecule has 0 radical (unpaired) electrons. The molecule has 2 aliphatic heterocycles. The van der Waals surface area contributed by atoms with E-state index < -0.39 is 41.4 Å². The highest BCUT2D eigenvalue weighted by Crippen LogP contribution is 2.28. The number of nitrogens with one attached hydrogen (secondary N) is 4. The molecule has 0 saturated heterocycles. The normalized spacial score (nSPS) is 13.0. The first-order chi connectivity index (χ1) is 25.6. The molecule has 6 aromatic rings. The fraction of sp³-hybridized carbons (Fsp3) is 0. The molecule has 2 aromatic heterocycles. The van der Waals surface area contributed by atoms with E-state index in [0.29, 0.717) is 10.9 Å². The van der Waals surface area contributed by atoms with Gasteiger partial charge in [-0.1, -0.05) is 42.5 Å². The first-order valence-electron chi connectivity index (χ1n) is 15.7. The highest BCUT2D eigenvalue weighted by atomic mass is 16.2. The van der Waals surface area contributed by atoms with Crippen LogP contribution in [0.25, 0.3) is 10.8 Å². The number of fused-ring (bicyclic) bond motifs is 3. The molecule has 0 spiro atoms. The van der Waals surface area contributed by atoms with E-state index in [0.717, 1.165) is 16.6 Å². The fourth-order valence-corrected chi connectivity index (χ4v) is 5.87. The Balaban J connectivity index is 0.958. The van der Waals surface area contributed by atoms with Gasteiger partial charge in [-0.25, -0.2) is 19.9 Å². The number of amides is 7. The van der Waals surface area contributed by atoms with Crippen LogP contribution >= 0.6 is 0 Å². The average Bonchev–Trinajstić information content (AvgIpc) is 3.60. The second-order valence-electron chi connectivity index (χ2n) is 11.7. The first-order valence-corrected chi connectivity index (χ1v) is 15.7. The number of nitrogens with zero attached hydrogens (tertiary/aromatic N) is 5. The van der Waals surface area contributed by atoms with E-state index in [2.05, 4.69) is 41.2 Å². The Morgan fingerprint density at radius 3 is 1.94 bits per heavy atom. The lowest BCUT2D eigenvalue weighted by molar-refractivity contribution is 0.0873. The van der Waals surface area contributed by atoms with Crippen LogP contribution in [-0.4, -0.2) is 61.3 Å². The minimum Gasteiger partial charge on any atom is -0.306 e. The van der Waals surface area contributed by atoms with Gasteiger partial charge >= 0.3 is 0 Å². The first kappa shape index (κ1) is 32.2. The van der Waals surface area contributed by atoms with Gasteiger partial charge in [-0.3, -0.25) is 44.2 Å². The molecule has 4 heterocycles. The Kier molecular flexibility index (Phi) is 7.72. The summed E-state index contributed by atoms with van der Waals surface area (Å²) in [5.41, 5.74) is 0.664. The van der Waals surface area contributed by atoms with Crippen LogP contribution in [-0.2, 0) is 0 Å². The van der Waals surface area contributed by atoms with Gasteiger partial charge < -0.3 is 10.6 Å². The minimum atomic E-state index is -0.798. The van der Waals surface area contributed by atoms with Crippen molar-refractivity contribution in [2.75, 3.05) is 20.9 Å². The zero-order valence-corrected chi connectivity index (χ0v) is 26.9. The third kappa shape index (κ3) is 5.87. The third-order valence-corrected chi connectivity index (χ3v) is 8.40. The summed E-state index contributed by atoms with van der Waals surface area (Å²) in [5, 5.41) is 11.5. The summed E-state index contributed by atoms with van der Waals surface area (Å²) in [5.74, 6) is -4.87. The lowest BCUT2D eigenvalue weighted by atomic mass is 10.0. The van der Waals surface area contributed by atoms with Crippen LogP contribution in [0.3, 0.4) is 0 Å². The van der Waals surface area contributed by atoms with E-state index in [-0.39, 0.29) is 56.9 Å². The Morgan fingerprint density at radius 2 is 1.19 bits per heavy atom. The summed E-state index contributed by atoms with van der Waals surface area (Å²) in [6, 6.07) is 25.1. The van der Waals surface area contributed by atoms with Crippen molar-refractivity contribution in [3.63, 3.8) is 0 Å². The van der Waals surface area contributed by atoms with Gasteiger partial charge in [0.2, 0.25) is 11.9 Å². The number of benzene rings is 4. The van der Waals surface area contributed by atoms with E-state index in [1.807, 2.05) is 24.3 Å². The van der Waals surface area contributed by atoms with Crippen molar-refractivity contribution in [1.29, 1.82) is 0 Å². The van der Waals surface area contributed by atoms with Crippen LogP contribution in [0.1, 0.15) is 72.5 Å². The molecule has 2 aliphatic rings. The number of hydrogen-bond donors (Lipinski definition) is 4. The summed E-state index contributed by atoms with van der Waals surface area (Å²) < 4.78 is 0. The quantitative estimate of drug-likeness (QED) is 0.175. The fourth-order valence-electron chi connectivity index (χ4n) is 5.87. The minimum absolute atomic E-state index is 0.00420. The molecule has 0 unspecified atom stereocenters. The summed E-state index contributed by atoms with van der Waals surface area (Å²) in [7, 11) is 0. The van der Waals surface area contributed by atoms with Gasteiger partial charge in [0.05, 0.1) is 22.3 Å². The zero-order valence-electron chi connectivity index (χ0n) is 26.9. The number of carbonyl (C=O) groups excluding carboxylic acids is 7. The van der Waals surface area contributed by atoms with E-state index in [1.54, 1.807) is 18.2 Å². The van der Waals surface area contributed by atoms with Crippen LogP contribution in [0.2, 0.25) is 0 Å². The SMILES string of the molecule is O=C(Nc1cccc(NC(=O)c2ccc3c(c2)C(=O)N(c2ncnc(NC(=O)c4cccc5ccccc45)n2)C3=O)n1)c1ccc2c(c1)C(=O)NC2=O. The largest absolute Gasteiger partial charge is 0.306 e. The monoisotopic (exact) mass is 703 g/mol. The number of aromatic nitrogens is 4. The molecular formula is C37H21N9O7. The van der Waals surface area contributed by atoms with Crippen molar-refractivity contribution in [3.8, 4) is 0 Å².